The highest BCUT2D eigenvalue weighted by atomic mass is 16.5. The maximum absolute atomic E-state index is 6.84. The van der Waals surface area contributed by atoms with E-state index in [0.717, 1.165) is 100 Å². The van der Waals surface area contributed by atoms with Crippen LogP contribution >= 0.6 is 0 Å². The average Bonchev–Trinajstić information content (AvgIpc) is 3.71. The molecule has 6 nitrogen and oxygen atoms in total. The minimum absolute atomic E-state index is 0.734. The number of fused-ring (bicyclic) bond motifs is 11. The Balaban J connectivity index is 1.02. The number of hydrogen-bond acceptors (Lipinski definition) is 6. The number of ether oxygens (including phenoxy) is 1. The van der Waals surface area contributed by atoms with Gasteiger partial charge < -0.3 is 19.0 Å². The molecule has 62 heavy (non-hydrogen) atoms. The van der Waals surface area contributed by atoms with Crippen molar-refractivity contribution in [3.63, 3.8) is 0 Å². The fourth-order valence-corrected chi connectivity index (χ4v) is 9.37. The summed E-state index contributed by atoms with van der Waals surface area (Å²) < 4.78 is 13.2. The van der Waals surface area contributed by atoms with E-state index in [2.05, 4.69) is 174 Å². The van der Waals surface area contributed by atoms with E-state index < -0.39 is 0 Å². The lowest BCUT2D eigenvalue weighted by Gasteiger charge is -2.34. The zero-order chi connectivity index (χ0) is 40.7. The molecule has 0 N–H and O–H groups in total. The molecular formula is C56H34N4O2. The van der Waals surface area contributed by atoms with Crippen molar-refractivity contribution >= 4 is 99.4 Å². The Hall–Kier alpha value is -8.48. The van der Waals surface area contributed by atoms with Gasteiger partial charge in [-0.2, -0.15) is 0 Å². The first kappa shape index (κ1) is 34.4. The summed E-state index contributed by atoms with van der Waals surface area (Å²) in [5.41, 5.74) is 11.6. The molecule has 290 valence electrons. The van der Waals surface area contributed by atoms with Crippen LogP contribution in [0.1, 0.15) is 0 Å². The van der Waals surface area contributed by atoms with Crippen LogP contribution < -0.4 is 14.5 Å². The van der Waals surface area contributed by atoms with Crippen molar-refractivity contribution in [3.8, 4) is 22.6 Å². The molecule has 0 spiro atoms. The van der Waals surface area contributed by atoms with Gasteiger partial charge in [-0.25, -0.2) is 0 Å². The van der Waals surface area contributed by atoms with Gasteiger partial charge in [-0.15, -0.1) is 0 Å². The molecule has 6 heteroatoms. The molecule has 1 aliphatic rings. The van der Waals surface area contributed by atoms with Crippen molar-refractivity contribution in [2.24, 2.45) is 0 Å². The van der Waals surface area contributed by atoms with E-state index in [9.17, 15) is 0 Å². The highest BCUT2D eigenvalue weighted by Gasteiger charge is 2.28. The fourth-order valence-electron chi connectivity index (χ4n) is 9.37. The molecule has 0 bridgehead atoms. The molecule has 0 saturated heterocycles. The van der Waals surface area contributed by atoms with E-state index in [1.807, 2.05) is 42.7 Å². The monoisotopic (exact) mass is 794 g/mol. The molecule has 0 unspecified atom stereocenters. The molecule has 0 saturated carbocycles. The third kappa shape index (κ3) is 5.37. The largest absolute Gasteiger partial charge is 0.456 e. The first-order valence-electron chi connectivity index (χ1n) is 20.8. The number of furan rings is 1. The zero-order valence-electron chi connectivity index (χ0n) is 33.2. The summed E-state index contributed by atoms with van der Waals surface area (Å²) >= 11 is 0. The molecule has 0 fully saturated rings. The maximum atomic E-state index is 6.84. The highest BCUT2D eigenvalue weighted by molar-refractivity contribution is 6.16. The van der Waals surface area contributed by atoms with Gasteiger partial charge in [-0.1, -0.05) is 115 Å². The van der Waals surface area contributed by atoms with E-state index in [-0.39, 0.29) is 0 Å². The number of nitrogens with zero attached hydrogens (tertiary/aromatic N) is 4. The van der Waals surface area contributed by atoms with Crippen molar-refractivity contribution in [3.05, 3.63) is 207 Å². The van der Waals surface area contributed by atoms with Gasteiger partial charge in [0, 0.05) is 45.3 Å². The minimum atomic E-state index is 0.734. The van der Waals surface area contributed by atoms with Gasteiger partial charge in [-0.05, 0) is 94.0 Å². The molecule has 0 amide bonds. The third-order valence-electron chi connectivity index (χ3n) is 12.2. The number of anilines is 6. The Labute approximate surface area is 356 Å². The average molecular weight is 795 g/mol. The third-order valence-corrected chi connectivity index (χ3v) is 12.2. The summed E-state index contributed by atoms with van der Waals surface area (Å²) in [6, 6.07) is 68.2. The van der Waals surface area contributed by atoms with E-state index >= 15 is 0 Å². The second-order valence-corrected chi connectivity index (χ2v) is 15.8. The summed E-state index contributed by atoms with van der Waals surface area (Å²) in [6.45, 7) is 0. The van der Waals surface area contributed by atoms with Crippen molar-refractivity contribution in [1.29, 1.82) is 0 Å². The maximum Gasteiger partial charge on any atom is 0.153 e. The topological polar surface area (TPSA) is 54.6 Å². The molecular weight excluding hydrogens is 761 g/mol. The molecule has 0 radical (unpaired) electrons. The summed E-state index contributed by atoms with van der Waals surface area (Å²) in [7, 11) is 0. The minimum Gasteiger partial charge on any atom is -0.456 e. The smallest absolute Gasteiger partial charge is 0.153 e. The second-order valence-electron chi connectivity index (χ2n) is 15.8. The fraction of sp³-hybridized carbons (Fsp3) is 0. The van der Waals surface area contributed by atoms with Crippen LogP contribution in [0.15, 0.2) is 211 Å². The Morgan fingerprint density at radius 1 is 0.419 bits per heavy atom. The van der Waals surface area contributed by atoms with Crippen LogP contribution in [-0.2, 0) is 0 Å². The Kier molecular flexibility index (Phi) is 7.50. The van der Waals surface area contributed by atoms with Gasteiger partial charge in [0.25, 0.3) is 0 Å². The standard InChI is InChI=1S/C56H34N4O2/c1-2-11-35(12-3-1)37-21-22-38-31-50(44-15-5-4-14-43(44)47(38)30-37)59(42-29-39-23-20-36-13-10-28-57-55(36)56(39)58-34-42)40-25-27-49-54(33-40)62-52-19-9-7-17-48(52)60(49)41-24-26-46-45-16-6-8-18-51(45)61-53(46)32-41/h1-34H. The molecule has 0 aliphatic carbocycles. The normalized spacial score (nSPS) is 12.3. The quantitative estimate of drug-likeness (QED) is 0.162. The molecule has 0 atom stereocenters. The van der Waals surface area contributed by atoms with Crippen LogP contribution in [0.4, 0.5) is 34.1 Å². The Morgan fingerprint density at radius 3 is 2.11 bits per heavy atom. The number of aromatic nitrogens is 2. The van der Waals surface area contributed by atoms with E-state index in [1.54, 1.807) is 0 Å². The number of rotatable bonds is 5. The molecule has 9 aromatic carbocycles. The van der Waals surface area contributed by atoms with Crippen molar-refractivity contribution < 1.29 is 9.15 Å². The van der Waals surface area contributed by atoms with Crippen molar-refractivity contribution in [2.45, 2.75) is 0 Å². The van der Waals surface area contributed by atoms with Crippen LogP contribution in [0, 0.1) is 0 Å². The predicted molar refractivity (Wildman–Crippen MR) is 254 cm³/mol. The van der Waals surface area contributed by atoms with Crippen molar-refractivity contribution in [1.82, 2.24) is 9.97 Å². The summed E-state index contributed by atoms with van der Waals surface area (Å²) in [4.78, 5) is 14.4. The number of pyridine rings is 2. The molecule has 1 aliphatic heterocycles. The molecule has 13 rings (SSSR count). The summed E-state index contributed by atoms with van der Waals surface area (Å²) in [6.07, 6.45) is 3.80. The van der Waals surface area contributed by atoms with Gasteiger partial charge in [0.05, 0.1) is 51.4 Å². The van der Waals surface area contributed by atoms with Gasteiger partial charge in [0.2, 0.25) is 0 Å². The van der Waals surface area contributed by atoms with Crippen molar-refractivity contribution in [2.75, 3.05) is 9.80 Å². The van der Waals surface area contributed by atoms with Gasteiger partial charge in [0.1, 0.15) is 11.2 Å². The lowest BCUT2D eigenvalue weighted by Crippen LogP contribution is -2.17. The van der Waals surface area contributed by atoms with Crippen LogP contribution in [0.2, 0.25) is 0 Å². The van der Waals surface area contributed by atoms with E-state index in [4.69, 9.17) is 19.1 Å². The SMILES string of the molecule is c1ccc(-c2ccc3cc(N(c4ccc5c(c4)Oc4ccccc4N5c4ccc5c(c4)oc4ccccc45)c4cnc5c(ccc6cccnc65)c4)c4ccccc4c3c2)cc1. The van der Waals surface area contributed by atoms with E-state index in [1.165, 1.54) is 21.9 Å². The predicted octanol–water partition coefficient (Wildman–Crippen LogP) is 15.7. The number of hydrogen-bond donors (Lipinski definition) is 0. The highest BCUT2D eigenvalue weighted by Crippen LogP contribution is 2.53. The van der Waals surface area contributed by atoms with Gasteiger partial charge in [-0.3, -0.25) is 9.97 Å². The van der Waals surface area contributed by atoms with Crippen LogP contribution in [0.25, 0.3) is 76.4 Å². The van der Waals surface area contributed by atoms with Crippen LogP contribution in [0.5, 0.6) is 11.5 Å². The molecule has 12 aromatic rings. The van der Waals surface area contributed by atoms with E-state index in [0.29, 0.717) is 0 Å². The zero-order valence-corrected chi connectivity index (χ0v) is 33.2. The van der Waals surface area contributed by atoms with Gasteiger partial charge in [0.15, 0.2) is 11.5 Å². The summed E-state index contributed by atoms with van der Waals surface area (Å²) in [5.74, 6) is 1.50. The number of para-hydroxylation sites is 3. The molecule has 3 aromatic heterocycles. The van der Waals surface area contributed by atoms with Crippen LogP contribution in [-0.4, -0.2) is 9.97 Å². The Bertz CT molecular complexity index is 3770. The van der Waals surface area contributed by atoms with Crippen LogP contribution in [0.3, 0.4) is 0 Å². The number of benzene rings is 9. The second kappa shape index (κ2) is 13.5. The first-order chi connectivity index (χ1) is 30.7. The lowest BCUT2D eigenvalue weighted by molar-refractivity contribution is 0.477. The Morgan fingerprint density at radius 2 is 1.18 bits per heavy atom. The van der Waals surface area contributed by atoms with Gasteiger partial charge >= 0.3 is 0 Å². The molecule has 4 heterocycles. The first-order valence-corrected chi connectivity index (χ1v) is 20.8. The summed E-state index contributed by atoms with van der Waals surface area (Å²) in [5, 5.41) is 8.88. The lowest BCUT2D eigenvalue weighted by atomic mass is 9.95.